The molecule has 0 aliphatic carbocycles. The fourth-order valence-corrected chi connectivity index (χ4v) is 1.55. The van der Waals surface area contributed by atoms with Crippen LogP contribution in [0, 0.1) is 0 Å². The lowest BCUT2D eigenvalue weighted by atomic mass is 10.4. The highest BCUT2D eigenvalue weighted by molar-refractivity contribution is 5.79. The molecule has 0 aliphatic heterocycles. The van der Waals surface area contributed by atoms with Crippen molar-refractivity contribution in [3.05, 3.63) is 0 Å². The molecule has 0 unspecified atom stereocenters. The van der Waals surface area contributed by atoms with E-state index in [0.29, 0.717) is 26.3 Å². The van der Waals surface area contributed by atoms with E-state index in [1.807, 2.05) is 20.8 Å². The first-order valence-corrected chi connectivity index (χ1v) is 7.25. The van der Waals surface area contributed by atoms with Gasteiger partial charge < -0.3 is 14.8 Å². The van der Waals surface area contributed by atoms with E-state index in [2.05, 4.69) is 5.32 Å². The van der Waals surface area contributed by atoms with Gasteiger partial charge in [0.2, 0.25) is 5.91 Å². The van der Waals surface area contributed by atoms with Gasteiger partial charge in [0.1, 0.15) is 0 Å². The lowest BCUT2D eigenvalue weighted by Crippen LogP contribution is -2.40. The molecule has 0 saturated carbocycles. The maximum Gasteiger partial charge on any atom is 0.320 e. The van der Waals surface area contributed by atoms with Crippen LogP contribution < -0.4 is 5.32 Å². The normalized spacial score (nSPS) is 10.9. The first kappa shape index (κ1) is 18.9. The summed E-state index contributed by atoms with van der Waals surface area (Å²) >= 11 is 0. The molecule has 118 valence electrons. The third-order valence-corrected chi connectivity index (χ3v) is 2.57. The van der Waals surface area contributed by atoms with E-state index in [0.717, 1.165) is 6.42 Å². The van der Waals surface area contributed by atoms with E-state index < -0.39 is 0 Å². The van der Waals surface area contributed by atoms with Crippen molar-refractivity contribution in [2.24, 2.45) is 0 Å². The van der Waals surface area contributed by atoms with Crippen LogP contribution in [-0.2, 0) is 19.1 Å². The van der Waals surface area contributed by atoms with Gasteiger partial charge in [-0.15, -0.1) is 0 Å². The maximum absolute atomic E-state index is 11.7. The predicted octanol–water partition coefficient (Wildman–Crippen LogP) is 0.803. The number of ether oxygens (including phenoxy) is 2. The quantitative estimate of drug-likeness (QED) is 0.450. The number of hydrogen-bond donors (Lipinski definition) is 1. The molecule has 0 rings (SSSR count). The first-order valence-electron chi connectivity index (χ1n) is 7.25. The van der Waals surface area contributed by atoms with Gasteiger partial charge in [-0.2, -0.15) is 0 Å². The van der Waals surface area contributed by atoms with Gasteiger partial charge >= 0.3 is 5.97 Å². The molecular weight excluding hydrogens is 260 g/mol. The second kappa shape index (κ2) is 11.7. The molecule has 0 atom stereocenters. The van der Waals surface area contributed by atoms with Crippen LogP contribution in [0.25, 0.3) is 0 Å². The molecule has 0 aromatic rings. The monoisotopic (exact) mass is 288 g/mol. The molecule has 0 aromatic carbocycles. The van der Waals surface area contributed by atoms with Crippen LogP contribution in [0.4, 0.5) is 0 Å². The lowest BCUT2D eigenvalue weighted by molar-refractivity contribution is -0.144. The van der Waals surface area contributed by atoms with Gasteiger partial charge in [0.15, 0.2) is 0 Å². The molecule has 6 heteroatoms. The summed E-state index contributed by atoms with van der Waals surface area (Å²) < 4.78 is 10.2. The van der Waals surface area contributed by atoms with Gasteiger partial charge in [-0.05, 0) is 33.7 Å². The summed E-state index contributed by atoms with van der Waals surface area (Å²) in [4.78, 5) is 24.8. The van der Waals surface area contributed by atoms with E-state index in [-0.39, 0.29) is 31.1 Å². The van der Waals surface area contributed by atoms with Crippen LogP contribution in [0.3, 0.4) is 0 Å². The van der Waals surface area contributed by atoms with Crippen molar-refractivity contribution in [2.45, 2.75) is 40.2 Å². The maximum atomic E-state index is 11.7. The number of carbonyl (C=O) groups excluding carboxylic acids is 2. The van der Waals surface area contributed by atoms with Gasteiger partial charge in [-0.1, -0.05) is 6.92 Å². The highest BCUT2D eigenvalue weighted by Gasteiger charge is 2.13. The Bertz CT molecular complexity index is 282. The molecule has 0 heterocycles. The molecule has 1 amide bonds. The molecule has 0 aliphatic rings. The highest BCUT2D eigenvalue weighted by atomic mass is 16.5. The molecule has 0 spiro atoms. The van der Waals surface area contributed by atoms with Crippen molar-refractivity contribution in [1.29, 1.82) is 0 Å². The standard InChI is InChI=1S/C14H28N2O4/c1-5-16(11-14(18)19-6-2)10-13(17)15-8-7-9-20-12(3)4/h12H,5-11H2,1-4H3,(H,15,17). The average molecular weight is 288 g/mol. The Balaban J connectivity index is 3.78. The lowest BCUT2D eigenvalue weighted by Gasteiger charge is -2.18. The Labute approximate surface area is 121 Å². The van der Waals surface area contributed by atoms with Gasteiger partial charge in [0.05, 0.1) is 25.8 Å². The molecule has 0 aromatic heterocycles. The van der Waals surface area contributed by atoms with Crippen molar-refractivity contribution in [3.63, 3.8) is 0 Å². The molecule has 1 N–H and O–H groups in total. The molecule has 0 fully saturated rings. The summed E-state index contributed by atoms with van der Waals surface area (Å²) in [6, 6.07) is 0. The topological polar surface area (TPSA) is 67.9 Å². The van der Waals surface area contributed by atoms with Crippen LogP contribution in [0.15, 0.2) is 0 Å². The van der Waals surface area contributed by atoms with E-state index in [9.17, 15) is 9.59 Å². The number of nitrogens with one attached hydrogen (secondary N) is 1. The number of esters is 1. The zero-order chi connectivity index (χ0) is 15.4. The number of rotatable bonds is 11. The summed E-state index contributed by atoms with van der Waals surface area (Å²) in [6.07, 6.45) is 0.999. The zero-order valence-electron chi connectivity index (χ0n) is 13.1. The number of amides is 1. The van der Waals surface area contributed by atoms with Crippen LogP contribution in [0.1, 0.15) is 34.1 Å². The minimum Gasteiger partial charge on any atom is -0.465 e. The average Bonchev–Trinajstić information content (AvgIpc) is 2.37. The third kappa shape index (κ3) is 10.8. The smallest absolute Gasteiger partial charge is 0.320 e. The third-order valence-electron chi connectivity index (χ3n) is 2.57. The van der Waals surface area contributed by atoms with Gasteiger partial charge in [0, 0.05) is 13.2 Å². The number of nitrogens with zero attached hydrogens (tertiary/aromatic N) is 1. The predicted molar refractivity (Wildman–Crippen MR) is 77.5 cm³/mol. The number of likely N-dealkylation sites (N-methyl/N-ethyl adjacent to an activating group) is 1. The van der Waals surface area contributed by atoms with Crippen molar-refractivity contribution >= 4 is 11.9 Å². The molecule has 0 radical (unpaired) electrons. The number of carbonyl (C=O) groups is 2. The second-order valence-electron chi connectivity index (χ2n) is 4.73. The van der Waals surface area contributed by atoms with Gasteiger partial charge in [-0.25, -0.2) is 0 Å². The number of hydrogen-bond acceptors (Lipinski definition) is 5. The highest BCUT2D eigenvalue weighted by Crippen LogP contribution is 1.92. The van der Waals surface area contributed by atoms with E-state index in [1.54, 1.807) is 11.8 Å². The Morgan fingerprint density at radius 3 is 2.45 bits per heavy atom. The molecular formula is C14H28N2O4. The Kier molecular flexibility index (Phi) is 11.0. The van der Waals surface area contributed by atoms with Crippen LogP contribution in [0.5, 0.6) is 0 Å². The second-order valence-corrected chi connectivity index (χ2v) is 4.73. The summed E-state index contributed by atoms with van der Waals surface area (Å²) in [5, 5.41) is 2.81. The van der Waals surface area contributed by atoms with Crippen molar-refractivity contribution in [2.75, 3.05) is 39.4 Å². The first-order chi connectivity index (χ1) is 9.49. The van der Waals surface area contributed by atoms with E-state index >= 15 is 0 Å². The Morgan fingerprint density at radius 2 is 1.90 bits per heavy atom. The van der Waals surface area contributed by atoms with Crippen LogP contribution in [-0.4, -0.2) is 62.3 Å². The Morgan fingerprint density at radius 1 is 1.20 bits per heavy atom. The SMILES string of the molecule is CCOC(=O)CN(CC)CC(=O)NCCCOC(C)C. The van der Waals surface area contributed by atoms with Gasteiger partial charge in [0.25, 0.3) is 0 Å². The molecule has 0 saturated heterocycles. The van der Waals surface area contributed by atoms with E-state index in [1.165, 1.54) is 0 Å². The fraction of sp³-hybridized carbons (Fsp3) is 0.857. The zero-order valence-corrected chi connectivity index (χ0v) is 13.1. The summed E-state index contributed by atoms with van der Waals surface area (Å²) in [5.74, 6) is -0.381. The van der Waals surface area contributed by atoms with E-state index in [4.69, 9.17) is 9.47 Å². The van der Waals surface area contributed by atoms with Crippen LogP contribution >= 0.6 is 0 Å². The largest absolute Gasteiger partial charge is 0.465 e. The van der Waals surface area contributed by atoms with Gasteiger partial charge in [-0.3, -0.25) is 14.5 Å². The minimum atomic E-state index is -0.299. The summed E-state index contributed by atoms with van der Waals surface area (Å²) in [7, 11) is 0. The van der Waals surface area contributed by atoms with Crippen molar-refractivity contribution in [3.8, 4) is 0 Å². The molecule has 0 bridgehead atoms. The van der Waals surface area contributed by atoms with Crippen molar-refractivity contribution in [1.82, 2.24) is 10.2 Å². The summed E-state index contributed by atoms with van der Waals surface area (Å²) in [6.45, 7) is 10.2. The van der Waals surface area contributed by atoms with Crippen LogP contribution in [0.2, 0.25) is 0 Å². The fourth-order valence-electron chi connectivity index (χ4n) is 1.55. The molecule has 20 heavy (non-hydrogen) atoms. The summed E-state index contributed by atoms with van der Waals surface area (Å²) in [5.41, 5.74) is 0. The van der Waals surface area contributed by atoms with Crippen molar-refractivity contribution < 1.29 is 19.1 Å². The minimum absolute atomic E-state index is 0.0827. The molecule has 6 nitrogen and oxygen atoms in total. The Hall–Kier alpha value is -1.14.